The Hall–Kier alpha value is -2.50. The fourth-order valence-electron chi connectivity index (χ4n) is 1.61. The van der Waals surface area contributed by atoms with Crippen molar-refractivity contribution in [3.8, 4) is 0 Å². The van der Waals surface area contributed by atoms with Crippen molar-refractivity contribution in [1.29, 1.82) is 0 Å². The van der Waals surface area contributed by atoms with Crippen molar-refractivity contribution in [3.05, 3.63) is 36.0 Å². The molecule has 6 heteroatoms. The van der Waals surface area contributed by atoms with Crippen molar-refractivity contribution in [2.45, 2.75) is 20.3 Å². The van der Waals surface area contributed by atoms with Crippen molar-refractivity contribution >= 4 is 23.2 Å². The predicted molar refractivity (Wildman–Crippen MR) is 78.3 cm³/mol. The third kappa shape index (κ3) is 3.74. The highest BCUT2D eigenvalue weighted by Gasteiger charge is 2.02. The summed E-state index contributed by atoms with van der Waals surface area (Å²) < 4.78 is 0. The number of hydrogen-bond donors (Lipinski definition) is 2. The van der Waals surface area contributed by atoms with Gasteiger partial charge in [0.2, 0.25) is 5.95 Å². The number of carbonyl (C=O) groups excluding carboxylic acids is 1. The van der Waals surface area contributed by atoms with Gasteiger partial charge in [-0.05, 0) is 37.6 Å². The Morgan fingerprint density at radius 3 is 2.65 bits per heavy atom. The van der Waals surface area contributed by atoms with Crippen LogP contribution in [0.1, 0.15) is 30.6 Å². The number of ketones is 1. The highest BCUT2D eigenvalue weighted by molar-refractivity contribution is 5.94. The largest absolute Gasteiger partial charge is 0.369 e. The van der Waals surface area contributed by atoms with Gasteiger partial charge >= 0.3 is 0 Å². The van der Waals surface area contributed by atoms with Crippen LogP contribution in [0.5, 0.6) is 0 Å². The number of benzene rings is 1. The maximum atomic E-state index is 11.2. The smallest absolute Gasteiger partial charge is 0.249 e. The molecule has 0 aliphatic heterocycles. The second-order valence-electron chi connectivity index (χ2n) is 4.35. The molecule has 104 valence electrons. The number of aromatic nitrogens is 3. The Morgan fingerprint density at radius 2 is 2.00 bits per heavy atom. The molecule has 0 spiro atoms. The summed E-state index contributed by atoms with van der Waals surface area (Å²) in [7, 11) is 0. The van der Waals surface area contributed by atoms with E-state index < -0.39 is 0 Å². The van der Waals surface area contributed by atoms with Crippen LogP contribution in [-0.4, -0.2) is 27.5 Å². The summed E-state index contributed by atoms with van der Waals surface area (Å²) in [5.74, 6) is 1.15. The fraction of sp³-hybridized carbons (Fsp3) is 0.286. The Morgan fingerprint density at radius 1 is 1.25 bits per heavy atom. The first-order valence-electron chi connectivity index (χ1n) is 6.50. The van der Waals surface area contributed by atoms with Gasteiger partial charge in [0, 0.05) is 17.8 Å². The molecule has 1 heterocycles. The molecule has 0 radical (unpaired) electrons. The summed E-state index contributed by atoms with van der Waals surface area (Å²) in [5.41, 5.74) is 1.48. The van der Waals surface area contributed by atoms with Gasteiger partial charge in [-0.3, -0.25) is 4.79 Å². The lowest BCUT2D eigenvalue weighted by molar-refractivity contribution is 0.101. The Bertz CT molecular complexity index is 582. The van der Waals surface area contributed by atoms with Crippen molar-refractivity contribution in [2.24, 2.45) is 0 Å². The molecular formula is C14H17N5O. The average Bonchev–Trinajstić information content (AvgIpc) is 2.46. The monoisotopic (exact) mass is 271 g/mol. The van der Waals surface area contributed by atoms with Gasteiger partial charge in [-0.15, -0.1) is 5.10 Å². The van der Waals surface area contributed by atoms with E-state index in [1.54, 1.807) is 25.3 Å². The summed E-state index contributed by atoms with van der Waals surface area (Å²) in [6.07, 6.45) is 2.60. The standard InChI is InChI=1S/C14H17N5O/c1-3-8-15-13-9-16-19-14(18-13)17-12-6-4-11(5-7-12)10(2)20/h4-7,9H,3,8H2,1-2H3,(H2,15,17,18,19). The molecule has 0 bridgehead atoms. The first-order valence-corrected chi connectivity index (χ1v) is 6.50. The third-order valence-corrected chi connectivity index (χ3v) is 2.66. The molecule has 0 saturated carbocycles. The van der Waals surface area contributed by atoms with Crippen LogP contribution in [0.25, 0.3) is 0 Å². The molecule has 0 unspecified atom stereocenters. The maximum absolute atomic E-state index is 11.2. The first-order chi connectivity index (χ1) is 9.69. The molecule has 0 aliphatic carbocycles. The lowest BCUT2D eigenvalue weighted by atomic mass is 10.1. The van der Waals surface area contributed by atoms with E-state index in [0.29, 0.717) is 17.3 Å². The summed E-state index contributed by atoms with van der Waals surface area (Å²) in [6, 6.07) is 7.15. The van der Waals surface area contributed by atoms with Crippen LogP contribution in [0, 0.1) is 0 Å². The highest BCUT2D eigenvalue weighted by Crippen LogP contribution is 2.14. The number of hydrogen-bond acceptors (Lipinski definition) is 6. The van der Waals surface area contributed by atoms with Gasteiger partial charge in [-0.1, -0.05) is 6.92 Å². The predicted octanol–water partition coefficient (Wildman–Crippen LogP) is 2.64. The van der Waals surface area contributed by atoms with Crippen LogP contribution in [0.3, 0.4) is 0 Å². The molecule has 20 heavy (non-hydrogen) atoms. The Kier molecular flexibility index (Phi) is 4.60. The number of Topliss-reactive ketones (excluding diaryl/α,β-unsaturated/α-hetero) is 1. The lowest BCUT2D eigenvalue weighted by Gasteiger charge is -2.07. The van der Waals surface area contributed by atoms with E-state index >= 15 is 0 Å². The number of nitrogens with one attached hydrogen (secondary N) is 2. The minimum Gasteiger partial charge on any atom is -0.369 e. The summed E-state index contributed by atoms with van der Waals surface area (Å²) in [5, 5.41) is 14.0. The molecule has 0 saturated heterocycles. The molecule has 0 atom stereocenters. The fourth-order valence-corrected chi connectivity index (χ4v) is 1.61. The molecule has 2 rings (SSSR count). The molecule has 2 N–H and O–H groups in total. The molecule has 1 aromatic carbocycles. The number of rotatable bonds is 6. The minimum absolute atomic E-state index is 0.0419. The highest BCUT2D eigenvalue weighted by atomic mass is 16.1. The second-order valence-corrected chi connectivity index (χ2v) is 4.35. The van der Waals surface area contributed by atoms with Gasteiger partial charge in [0.1, 0.15) is 0 Å². The molecule has 0 aliphatic rings. The zero-order chi connectivity index (χ0) is 14.4. The van der Waals surface area contributed by atoms with Crippen molar-refractivity contribution in [3.63, 3.8) is 0 Å². The van der Waals surface area contributed by atoms with Gasteiger partial charge in [0.15, 0.2) is 11.6 Å². The van der Waals surface area contributed by atoms with Gasteiger partial charge in [0.05, 0.1) is 6.20 Å². The number of anilines is 3. The number of nitrogens with zero attached hydrogens (tertiary/aromatic N) is 3. The molecule has 2 aromatic rings. The molecule has 0 fully saturated rings. The molecule has 0 amide bonds. The van der Waals surface area contributed by atoms with E-state index in [4.69, 9.17) is 0 Å². The first kappa shape index (κ1) is 13.9. The number of carbonyl (C=O) groups is 1. The van der Waals surface area contributed by atoms with E-state index in [9.17, 15) is 4.79 Å². The van der Waals surface area contributed by atoms with Crippen molar-refractivity contribution in [1.82, 2.24) is 15.2 Å². The summed E-state index contributed by atoms with van der Waals surface area (Å²) >= 11 is 0. The van der Waals surface area contributed by atoms with Crippen LogP contribution >= 0.6 is 0 Å². The second kappa shape index (κ2) is 6.60. The van der Waals surface area contributed by atoms with Gasteiger partial charge < -0.3 is 10.6 Å². The molecule has 1 aromatic heterocycles. The van der Waals surface area contributed by atoms with Crippen molar-refractivity contribution < 1.29 is 4.79 Å². The van der Waals surface area contributed by atoms with E-state index in [1.807, 2.05) is 12.1 Å². The summed E-state index contributed by atoms with van der Waals surface area (Å²) in [4.78, 5) is 15.5. The van der Waals surface area contributed by atoms with Crippen LogP contribution in [0.4, 0.5) is 17.5 Å². The van der Waals surface area contributed by atoms with E-state index in [2.05, 4.69) is 32.7 Å². The zero-order valence-electron chi connectivity index (χ0n) is 11.6. The Balaban J connectivity index is 2.07. The van der Waals surface area contributed by atoms with Gasteiger partial charge in [0.25, 0.3) is 0 Å². The van der Waals surface area contributed by atoms with E-state index in [-0.39, 0.29) is 5.78 Å². The van der Waals surface area contributed by atoms with Crippen LogP contribution in [-0.2, 0) is 0 Å². The normalized spacial score (nSPS) is 10.1. The van der Waals surface area contributed by atoms with Gasteiger partial charge in [-0.2, -0.15) is 10.1 Å². The van der Waals surface area contributed by atoms with E-state index in [0.717, 1.165) is 18.7 Å². The lowest BCUT2D eigenvalue weighted by Crippen LogP contribution is -2.06. The molecule has 6 nitrogen and oxygen atoms in total. The quantitative estimate of drug-likeness (QED) is 0.786. The van der Waals surface area contributed by atoms with E-state index in [1.165, 1.54) is 0 Å². The van der Waals surface area contributed by atoms with Crippen LogP contribution in [0.2, 0.25) is 0 Å². The van der Waals surface area contributed by atoms with Crippen molar-refractivity contribution in [2.75, 3.05) is 17.2 Å². The minimum atomic E-state index is 0.0419. The van der Waals surface area contributed by atoms with Crippen LogP contribution < -0.4 is 10.6 Å². The topological polar surface area (TPSA) is 79.8 Å². The molecular weight excluding hydrogens is 254 g/mol. The third-order valence-electron chi connectivity index (χ3n) is 2.66. The van der Waals surface area contributed by atoms with Crippen LogP contribution in [0.15, 0.2) is 30.5 Å². The zero-order valence-corrected chi connectivity index (χ0v) is 11.6. The average molecular weight is 271 g/mol. The Labute approximate surface area is 117 Å². The SMILES string of the molecule is CCCNc1cnnc(Nc2ccc(C(C)=O)cc2)n1. The summed E-state index contributed by atoms with van der Waals surface area (Å²) in [6.45, 7) is 4.46. The van der Waals surface area contributed by atoms with Gasteiger partial charge in [-0.25, -0.2) is 0 Å². The maximum Gasteiger partial charge on any atom is 0.249 e.